The molecule has 0 amide bonds. The fourth-order valence-corrected chi connectivity index (χ4v) is 1.59. The first-order valence-electron chi connectivity index (χ1n) is 5.14. The van der Waals surface area contributed by atoms with E-state index in [9.17, 15) is 10.1 Å². The Labute approximate surface area is 112 Å². The van der Waals surface area contributed by atoms with Gasteiger partial charge in [0, 0.05) is 6.04 Å². The smallest absolute Gasteiger partial charge is 0.314 e. The van der Waals surface area contributed by atoms with E-state index in [1.807, 2.05) is 6.92 Å². The third-order valence-corrected chi connectivity index (χ3v) is 2.32. The Morgan fingerprint density at radius 3 is 2.28 bits per heavy atom. The lowest BCUT2D eigenvalue weighted by molar-refractivity contribution is -0.385. The van der Waals surface area contributed by atoms with Crippen molar-refractivity contribution < 1.29 is 14.4 Å². The molecular weight excluding hydrogens is 260 g/mol. The number of halogens is 1. The summed E-state index contributed by atoms with van der Waals surface area (Å²) in [7, 11) is 2.86. The van der Waals surface area contributed by atoms with Gasteiger partial charge in [-0.05, 0) is 25.0 Å². The van der Waals surface area contributed by atoms with Gasteiger partial charge in [-0.3, -0.25) is 10.1 Å². The minimum Gasteiger partial charge on any atom is -0.496 e. The van der Waals surface area contributed by atoms with Crippen LogP contribution in [0.1, 0.15) is 12.5 Å². The monoisotopic (exact) mass is 276 g/mol. The summed E-state index contributed by atoms with van der Waals surface area (Å²) in [5.74, 6) is 0.668. The third kappa shape index (κ3) is 3.75. The number of nitro groups is 1. The van der Waals surface area contributed by atoms with Crippen LogP contribution in [0, 0.1) is 10.1 Å². The second-order valence-corrected chi connectivity index (χ2v) is 3.77. The van der Waals surface area contributed by atoms with Gasteiger partial charge in [-0.25, -0.2) is 0 Å². The maximum absolute atomic E-state index is 10.8. The number of benzene rings is 1. The lowest BCUT2D eigenvalue weighted by Gasteiger charge is -2.12. The summed E-state index contributed by atoms with van der Waals surface area (Å²) >= 11 is 0. The number of nitrogens with two attached hydrogens (primary N) is 1. The van der Waals surface area contributed by atoms with Crippen LogP contribution in [-0.2, 0) is 6.42 Å². The molecule has 6 nitrogen and oxygen atoms in total. The summed E-state index contributed by atoms with van der Waals surface area (Å²) < 4.78 is 10.1. The molecule has 0 fully saturated rings. The van der Waals surface area contributed by atoms with Crippen molar-refractivity contribution >= 4 is 18.1 Å². The molecular formula is C11H17ClN2O4. The molecule has 0 aliphatic heterocycles. The average Bonchev–Trinajstić information content (AvgIpc) is 2.27. The van der Waals surface area contributed by atoms with Gasteiger partial charge in [0.25, 0.3) is 0 Å². The van der Waals surface area contributed by atoms with E-state index in [-0.39, 0.29) is 29.9 Å². The van der Waals surface area contributed by atoms with Gasteiger partial charge in [0.1, 0.15) is 5.75 Å². The molecule has 0 aliphatic rings. The molecule has 1 atom stereocenters. The molecule has 0 aromatic heterocycles. The Bertz CT molecular complexity index is 424. The lowest BCUT2D eigenvalue weighted by atomic mass is 10.1. The molecule has 0 heterocycles. The third-order valence-electron chi connectivity index (χ3n) is 2.32. The molecule has 1 rings (SSSR count). The maximum Gasteiger partial charge on any atom is 0.314 e. The Balaban J connectivity index is 0.00000289. The van der Waals surface area contributed by atoms with Gasteiger partial charge < -0.3 is 15.2 Å². The Morgan fingerprint density at radius 2 is 1.89 bits per heavy atom. The fraction of sp³-hybridized carbons (Fsp3) is 0.455. The van der Waals surface area contributed by atoms with Crippen LogP contribution in [0.15, 0.2) is 12.1 Å². The summed E-state index contributed by atoms with van der Waals surface area (Å²) in [6.45, 7) is 1.85. The molecule has 0 bridgehead atoms. The van der Waals surface area contributed by atoms with Gasteiger partial charge in [0.15, 0.2) is 5.75 Å². The van der Waals surface area contributed by atoms with Crippen molar-refractivity contribution in [3.8, 4) is 11.5 Å². The van der Waals surface area contributed by atoms with Crippen LogP contribution in [0.2, 0.25) is 0 Å². The minimum atomic E-state index is -0.503. The number of rotatable bonds is 5. The minimum absolute atomic E-state index is 0. The van der Waals surface area contributed by atoms with Crippen LogP contribution in [0.5, 0.6) is 11.5 Å². The highest BCUT2D eigenvalue weighted by molar-refractivity contribution is 5.85. The van der Waals surface area contributed by atoms with Gasteiger partial charge in [-0.1, -0.05) is 0 Å². The fourth-order valence-electron chi connectivity index (χ4n) is 1.59. The largest absolute Gasteiger partial charge is 0.496 e. The topological polar surface area (TPSA) is 87.6 Å². The zero-order valence-electron chi connectivity index (χ0n) is 10.5. The molecule has 18 heavy (non-hydrogen) atoms. The molecule has 102 valence electrons. The average molecular weight is 277 g/mol. The lowest BCUT2D eigenvalue weighted by Crippen LogP contribution is -2.18. The van der Waals surface area contributed by atoms with E-state index in [1.54, 1.807) is 6.07 Å². The standard InChI is InChI=1S/C11H16N2O4.ClH/c1-7(12)4-8-5-11(17-3)9(13(14)15)6-10(8)16-2;/h5-7H,4,12H2,1-3H3;1H. The van der Waals surface area contributed by atoms with Gasteiger partial charge in [0.2, 0.25) is 0 Å². The van der Waals surface area contributed by atoms with E-state index >= 15 is 0 Å². The zero-order valence-corrected chi connectivity index (χ0v) is 11.3. The molecule has 0 saturated heterocycles. The molecule has 1 unspecified atom stereocenters. The predicted octanol–water partition coefficient (Wildman–Crippen LogP) is 1.92. The van der Waals surface area contributed by atoms with Gasteiger partial charge >= 0.3 is 5.69 Å². The van der Waals surface area contributed by atoms with E-state index in [0.717, 1.165) is 5.56 Å². The normalized spacial score (nSPS) is 11.3. The molecule has 0 spiro atoms. The highest BCUT2D eigenvalue weighted by atomic mass is 35.5. The predicted molar refractivity (Wildman–Crippen MR) is 70.8 cm³/mol. The summed E-state index contributed by atoms with van der Waals surface area (Å²) in [6.07, 6.45) is 0.567. The number of nitrogens with zero attached hydrogens (tertiary/aromatic N) is 1. The quantitative estimate of drug-likeness (QED) is 0.656. The first kappa shape index (κ1) is 16.5. The van der Waals surface area contributed by atoms with E-state index in [0.29, 0.717) is 12.2 Å². The van der Waals surface area contributed by atoms with Crippen molar-refractivity contribution in [3.05, 3.63) is 27.8 Å². The van der Waals surface area contributed by atoms with Crippen molar-refractivity contribution in [2.24, 2.45) is 5.73 Å². The second kappa shape index (κ2) is 7.03. The van der Waals surface area contributed by atoms with Crippen molar-refractivity contribution in [1.29, 1.82) is 0 Å². The Morgan fingerprint density at radius 1 is 1.33 bits per heavy atom. The molecule has 7 heteroatoms. The summed E-state index contributed by atoms with van der Waals surface area (Å²) in [5, 5.41) is 10.8. The van der Waals surface area contributed by atoms with E-state index < -0.39 is 4.92 Å². The highest BCUT2D eigenvalue weighted by Gasteiger charge is 2.19. The first-order chi connectivity index (χ1) is 7.99. The van der Waals surface area contributed by atoms with Crippen LogP contribution < -0.4 is 15.2 Å². The second-order valence-electron chi connectivity index (χ2n) is 3.77. The van der Waals surface area contributed by atoms with E-state index in [2.05, 4.69) is 0 Å². The summed E-state index contributed by atoms with van der Waals surface area (Å²) in [6, 6.07) is 2.90. The van der Waals surface area contributed by atoms with Crippen LogP contribution >= 0.6 is 12.4 Å². The molecule has 0 saturated carbocycles. The van der Waals surface area contributed by atoms with E-state index in [1.165, 1.54) is 20.3 Å². The number of nitro benzene ring substituents is 1. The van der Waals surface area contributed by atoms with Crippen LogP contribution in [-0.4, -0.2) is 25.2 Å². The molecule has 0 aliphatic carbocycles. The molecule has 2 N–H and O–H groups in total. The van der Waals surface area contributed by atoms with Crippen molar-refractivity contribution in [1.82, 2.24) is 0 Å². The van der Waals surface area contributed by atoms with Crippen LogP contribution in [0.4, 0.5) is 5.69 Å². The SMILES string of the molecule is COc1cc([N+](=O)[O-])c(OC)cc1CC(C)N.Cl. The van der Waals surface area contributed by atoms with E-state index in [4.69, 9.17) is 15.2 Å². The zero-order chi connectivity index (χ0) is 13.0. The summed E-state index contributed by atoms with van der Waals surface area (Å²) in [4.78, 5) is 10.3. The van der Waals surface area contributed by atoms with Crippen LogP contribution in [0.3, 0.4) is 0 Å². The van der Waals surface area contributed by atoms with Gasteiger partial charge in [0.05, 0.1) is 25.2 Å². The number of ether oxygens (including phenoxy) is 2. The number of methoxy groups -OCH3 is 2. The van der Waals surface area contributed by atoms with Gasteiger partial charge in [-0.15, -0.1) is 12.4 Å². The molecule has 1 aromatic carbocycles. The van der Waals surface area contributed by atoms with Crippen molar-refractivity contribution in [3.63, 3.8) is 0 Å². The number of hydrogen-bond acceptors (Lipinski definition) is 5. The van der Waals surface area contributed by atoms with Crippen LogP contribution in [0.25, 0.3) is 0 Å². The first-order valence-corrected chi connectivity index (χ1v) is 5.14. The maximum atomic E-state index is 10.8. The highest BCUT2D eigenvalue weighted by Crippen LogP contribution is 2.34. The number of hydrogen-bond donors (Lipinski definition) is 1. The van der Waals surface area contributed by atoms with Crippen molar-refractivity contribution in [2.75, 3.05) is 14.2 Å². The Kier molecular flexibility index (Phi) is 6.43. The van der Waals surface area contributed by atoms with Crippen molar-refractivity contribution in [2.45, 2.75) is 19.4 Å². The Hall–Kier alpha value is -1.53. The van der Waals surface area contributed by atoms with Gasteiger partial charge in [-0.2, -0.15) is 0 Å². The molecule has 1 aromatic rings. The summed E-state index contributed by atoms with van der Waals surface area (Å²) in [5.41, 5.74) is 6.39. The molecule has 0 radical (unpaired) electrons.